The first-order valence-corrected chi connectivity index (χ1v) is 8.79. The van der Waals surface area contributed by atoms with Crippen LogP contribution in [0.5, 0.6) is 17.2 Å². The first kappa shape index (κ1) is 19.3. The number of carbonyl (C=O) groups is 1. The van der Waals surface area contributed by atoms with Crippen molar-refractivity contribution >= 4 is 11.7 Å². The van der Waals surface area contributed by atoms with Crippen LogP contribution in [0.1, 0.15) is 11.1 Å². The number of nitrogens with zero attached hydrogens (tertiary/aromatic N) is 2. The number of hydrogen-bond donors (Lipinski definition) is 1. The van der Waals surface area contributed by atoms with E-state index in [1.165, 1.54) is 0 Å². The van der Waals surface area contributed by atoms with Gasteiger partial charge in [-0.05, 0) is 23.8 Å². The van der Waals surface area contributed by atoms with Crippen molar-refractivity contribution in [2.24, 2.45) is 0 Å². The van der Waals surface area contributed by atoms with E-state index >= 15 is 0 Å². The molecular weight excluding hydrogens is 358 g/mol. The van der Waals surface area contributed by atoms with E-state index in [0.717, 1.165) is 16.9 Å². The largest absolute Gasteiger partial charge is 0.497 e. The second kappa shape index (κ2) is 8.94. The minimum Gasteiger partial charge on any atom is -0.497 e. The third-order valence-corrected chi connectivity index (χ3v) is 4.31. The van der Waals surface area contributed by atoms with Crippen molar-refractivity contribution in [3.63, 3.8) is 0 Å². The van der Waals surface area contributed by atoms with E-state index < -0.39 is 0 Å². The van der Waals surface area contributed by atoms with Gasteiger partial charge in [0.05, 0.1) is 40.5 Å². The van der Waals surface area contributed by atoms with Crippen molar-refractivity contribution in [2.45, 2.75) is 13.0 Å². The van der Waals surface area contributed by atoms with E-state index in [0.29, 0.717) is 23.9 Å². The first-order chi connectivity index (χ1) is 13.6. The number of carbonyl (C=O) groups excluding carboxylic acids is 1. The Morgan fingerprint density at radius 1 is 1.00 bits per heavy atom. The standard InChI is InChI=1S/C21H23N3O4/c1-26-17-9-7-15(8-10-17)13-20(25)23-19-11-12-22-24(19)14-16-5-4-6-18(27-2)21(16)28-3/h4-12H,13-14H2,1-3H3,(H,23,25). The van der Waals surface area contributed by atoms with E-state index in [9.17, 15) is 4.79 Å². The minimum atomic E-state index is -0.121. The molecule has 2 aromatic carbocycles. The zero-order chi connectivity index (χ0) is 19.9. The Hall–Kier alpha value is -3.48. The summed E-state index contributed by atoms with van der Waals surface area (Å²) >= 11 is 0. The Balaban J connectivity index is 1.71. The molecule has 3 rings (SSSR count). The quantitative estimate of drug-likeness (QED) is 0.649. The van der Waals surface area contributed by atoms with Gasteiger partial charge in [-0.1, -0.05) is 24.3 Å². The maximum atomic E-state index is 12.4. The van der Waals surface area contributed by atoms with Gasteiger partial charge < -0.3 is 19.5 Å². The lowest BCUT2D eigenvalue weighted by Crippen LogP contribution is -2.18. The van der Waals surface area contributed by atoms with Crippen LogP contribution in [0.2, 0.25) is 0 Å². The summed E-state index contributed by atoms with van der Waals surface area (Å²) in [7, 11) is 4.81. The van der Waals surface area contributed by atoms with Crippen LogP contribution in [-0.2, 0) is 17.8 Å². The lowest BCUT2D eigenvalue weighted by molar-refractivity contribution is -0.115. The minimum absolute atomic E-state index is 0.121. The number of methoxy groups -OCH3 is 3. The van der Waals surface area contributed by atoms with Gasteiger partial charge in [-0.3, -0.25) is 4.79 Å². The molecule has 146 valence electrons. The zero-order valence-corrected chi connectivity index (χ0v) is 16.1. The number of anilines is 1. The Kier molecular flexibility index (Phi) is 6.16. The Morgan fingerprint density at radius 2 is 1.79 bits per heavy atom. The third-order valence-electron chi connectivity index (χ3n) is 4.31. The lowest BCUT2D eigenvalue weighted by Gasteiger charge is -2.14. The average molecular weight is 381 g/mol. The van der Waals surface area contributed by atoms with Gasteiger partial charge in [-0.15, -0.1) is 0 Å². The number of aromatic nitrogens is 2. The first-order valence-electron chi connectivity index (χ1n) is 8.79. The van der Waals surface area contributed by atoms with Crippen LogP contribution in [0.15, 0.2) is 54.7 Å². The van der Waals surface area contributed by atoms with Gasteiger partial charge in [-0.25, -0.2) is 4.68 Å². The topological polar surface area (TPSA) is 74.6 Å². The highest BCUT2D eigenvalue weighted by atomic mass is 16.5. The molecule has 7 heteroatoms. The second-order valence-electron chi connectivity index (χ2n) is 6.10. The molecule has 1 amide bonds. The molecule has 7 nitrogen and oxygen atoms in total. The number of nitrogens with one attached hydrogen (secondary N) is 1. The van der Waals surface area contributed by atoms with E-state index in [4.69, 9.17) is 14.2 Å². The second-order valence-corrected chi connectivity index (χ2v) is 6.10. The smallest absolute Gasteiger partial charge is 0.229 e. The van der Waals surface area contributed by atoms with Gasteiger partial charge in [0.15, 0.2) is 11.5 Å². The molecule has 0 spiro atoms. The van der Waals surface area contributed by atoms with E-state index in [1.807, 2.05) is 42.5 Å². The van der Waals surface area contributed by atoms with Crippen molar-refractivity contribution in [3.05, 3.63) is 65.9 Å². The summed E-state index contributed by atoms with van der Waals surface area (Å²) in [5.74, 6) is 2.55. The maximum Gasteiger partial charge on any atom is 0.229 e. The van der Waals surface area contributed by atoms with E-state index in [1.54, 1.807) is 38.3 Å². The highest BCUT2D eigenvalue weighted by Crippen LogP contribution is 2.31. The zero-order valence-electron chi connectivity index (χ0n) is 16.1. The molecule has 0 aliphatic carbocycles. The number of rotatable bonds is 8. The monoisotopic (exact) mass is 381 g/mol. The molecule has 0 unspecified atom stereocenters. The number of ether oxygens (including phenoxy) is 3. The number of amides is 1. The molecule has 1 aromatic heterocycles. The van der Waals surface area contributed by atoms with Crippen molar-refractivity contribution < 1.29 is 19.0 Å². The van der Waals surface area contributed by atoms with Gasteiger partial charge in [0, 0.05) is 11.6 Å². The fraction of sp³-hybridized carbons (Fsp3) is 0.238. The van der Waals surface area contributed by atoms with Gasteiger partial charge in [0.2, 0.25) is 5.91 Å². The van der Waals surface area contributed by atoms with Crippen molar-refractivity contribution in [1.82, 2.24) is 9.78 Å². The molecule has 28 heavy (non-hydrogen) atoms. The Labute approximate surface area is 163 Å². The molecule has 0 bridgehead atoms. The number of hydrogen-bond acceptors (Lipinski definition) is 5. The average Bonchev–Trinajstić information content (AvgIpc) is 3.14. The third kappa shape index (κ3) is 4.43. The van der Waals surface area contributed by atoms with Crippen LogP contribution < -0.4 is 19.5 Å². The van der Waals surface area contributed by atoms with Crippen molar-refractivity contribution in [1.29, 1.82) is 0 Å². The summed E-state index contributed by atoms with van der Waals surface area (Å²) in [5.41, 5.74) is 1.80. The van der Waals surface area contributed by atoms with Crippen LogP contribution in [-0.4, -0.2) is 37.0 Å². The molecule has 0 aliphatic rings. The Morgan fingerprint density at radius 3 is 2.46 bits per heavy atom. The molecule has 0 radical (unpaired) electrons. The fourth-order valence-electron chi connectivity index (χ4n) is 2.92. The molecular formula is C21H23N3O4. The van der Waals surface area contributed by atoms with Crippen LogP contribution in [0.4, 0.5) is 5.82 Å². The summed E-state index contributed by atoms with van der Waals surface area (Å²) in [4.78, 5) is 12.4. The highest BCUT2D eigenvalue weighted by molar-refractivity contribution is 5.91. The maximum absolute atomic E-state index is 12.4. The predicted molar refractivity (Wildman–Crippen MR) is 106 cm³/mol. The van der Waals surface area contributed by atoms with Crippen LogP contribution in [0, 0.1) is 0 Å². The molecule has 1 heterocycles. The predicted octanol–water partition coefficient (Wildman–Crippen LogP) is 3.14. The number of para-hydroxylation sites is 1. The van der Waals surface area contributed by atoms with Gasteiger partial charge in [0.1, 0.15) is 11.6 Å². The highest BCUT2D eigenvalue weighted by Gasteiger charge is 2.13. The summed E-state index contributed by atoms with van der Waals surface area (Å²) in [6.07, 6.45) is 1.91. The normalized spacial score (nSPS) is 10.4. The Bertz CT molecular complexity index is 935. The SMILES string of the molecule is COc1ccc(CC(=O)Nc2ccnn2Cc2cccc(OC)c2OC)cc1. The van der Waals surface area contributed by atoms with Crippen LogP contribution >= 0.6 is 0 Å². The van der Waals surface area contributed by atoms with Crippen molar-refractivity contribution in [2.75, 3.05) is 26.6 Å². The molecule has 3 aromatic rings. The summed E-state index contributed by atoms with van der Waals surface area (Å²) < 4.78 is 17.7. The van der Waals surface area contributed by atoms with Gasteiger partial charge in [-0.2, -0.15) is 5.10 Å². The molecule has 0 saturated heterocycles. The van der Waals surface area contributed by atoms with E-state index in [-0.39, 0.29) is 12.3 Å². The molecule has 0 aliphatic heterocycles. The number of benzene rings is 2. The van der Waals surface area contributed by atoms with Crippen LogP contribution in [0.3, 0.4) is 0 Å². The molecule has 1 N–H and O–H groups in total. The van der Waals surface area contributed by atoms with Crippen molar-refractivity contribution in [3.8, 4) is 17.2 Å². The van der Waals surface area contributed by atoms with Gasteiger partial charge >= 0.3 is 0 Å². The fourth-order valence-corrected chi connectivity index (χ4v) is 2.92. The van der Waals surface area contributed by atoms with Crippen LogP contribution in [0.25, 0.3) is 0 Å². The van der Waals surface area contributed by atoms with Gasteiger partial charge in [0.25, 0.3) is 0 Å². The molecule has 0 fully saturated rings. The summed E-state index contributed by atoms with van der Waals surface area (Å²) in [6, 6.07) is 14.8. The summed E-state index contributed by atoms with van der Waals surface area (Å²) in [6.45, 7) is 0.436. The molecule has 0 saturated carbocycles. The molecule has 0 atom stereocenters. The lowest BCUT2D eigenvalue weighted by atomic mass is 10.1. The summed E-state index contributed by atoms with van der Waals surface area (Å²) in [5, 5.41) is 7.23. The van der Waals surface area contributed by atoms with E-state index in [2.05, 4.69) is 10.4 Å².